The van der Waals surface area contributed by atoms with Crippen molar-refractivity contribution in [1.29, 1.82) is 5.41 Å². The van der Waals surface area contributed by atoms with E-state index in [1.807, 2.05) is 6.92 Å². The highest BCUT2D eigenvalue weighted by Crippen LogP contribution is 2.34. The van der Waals surface area contributed by atoms with E-state index < -0.39 is 0 Å². The Morgan fingerprint density at radius 1 is 1.28 bits per heavy atom. The fourth-order valence-electron chi connectivity index (χ4n) is 2.75. The number of nitrogens with one attached hydrogen (secondary N) is 2. The molecule has 0 radical (unpaired) electrons. The first kappa shape index (κ1) is 22.9. The van der Waals surface area contributed by atoms with Gasteiger partial charge in [-0.3, -0.25) is 9.59 Å². The molecule has 0 aliphatic heterocycles. The van der Waals surface area contributed by atoms with Gasteiger partial charge in [0.1, 0.15) is 22.4 Å². The highest BCUT2D eigenvalue weighted by Gasteiger charge is 2.22. The van der Waals surface area contributed by atoms with E-state index in [4.69, 9.17) is 15.9 Å². The highest BCUT2D eigenvalue weighted by atomic mass is 32.1. The first-order valence-electron chi connectivity index (χ1n) is 9.66. The summed E-state index contributed by atoms with van der Waals surface area (Å²) in [6.07, 6.45) is 2.52. The van der Waals surface area contributed by atoms with E-state index in [0.717, 1.165) is 17.6 Å². The standard InChI is InChI=1S/C20H24N8O3S/c1-5-31-14-7-12(22)11(8-21)6-13(14)25-17-16-18(24-10-23-17)32-19(26-16)20(30)28(4)9-15(29)27(2)3/h6-8,10,21H,5,9,22H2,1-4H3,(H,23,24,25). The van der Waals surface area contributed by atoms with E-state index in [9.17, 15) is 9.59 Å². The number of thiazole rings is 1. The number of ether oxygens (including phenoxy) is 1. The molecule has 0 saturated heterocycles. The molecule has 0 saturated carbocycles. The van der Waals surface area contributed by atoms with E-state index >= 15 is 0 Å². The van der Waals surface area contributed by atoms with Crippen LogP contribution in [0.15, 0.2) is 18.5 Å². The van der Waals surface area contributed by atoms with Crippen LogP contribution in [-0.4, -0.2) is 77.1 Å². The van der Waals surface area contributed by atoms with Crippen LogP contribution in [0.3, 0.4) is 0 Å². The second kappa shape index (κ2) is 9.56. The molecule has 0 atom stereocenters. The number of anilines is 3. The monoisotopic (exact) mass is 456 g/mol. The molecule has 4 N–H and O–H groups in total. The van der Waals surface area contributed by atoms with Gasteiger partial charge < -0.3 is 31.0 Å². The van der Waals surface area contributed by atoms with Crippen LogP contribution in [0.2, 0.25) is 0 Å². The molecule has 2 aromatic heterocycles. The third kappa shape index (κ3) is 4.75. The summed E-state index contributed by atoms with van der Waals surface area (Å²) in [6, 6.07) is 3.32. The Bertz CT molecular complexity index is 1180. The summed E-state index contributed by atoms with van der Waals surface area (Å²) in [5, 5.41) is 10.9. The van der Waals surface area contributed by atoms with Crippen molar-refractivity contribution < 1.29 is 14.3 Å². The molecule has 32 heavy (non-hydrogen) atoms. The Labute approximate surface area is 188 Å². The number of benzene rings is 1. The number of hydrogen-bond donors (Lipinski definition) is 3. The van der Waals surface area contributed by atoms with Gasteiger partial charge in [-0.15, -0.1) is 0 Å². The zero-order valence-corrected chi connectivity index (χ0v) is 19.0. The molecule has 0 aliphatic rings. The molecule has 12 heteroatoms. The average molecular weight is 457 g/mol. The lowest BCUT2D eigenvalue weighted by Gasteiger charge is -2.17. The van der Waals surface area contributed by atoms with Crippen molar-refractivity contribution in [3.8, 4) is 5.75 Å². The van der Waals surface area contributed by atoms with Crippen LogP contribution in [0.1, 0.15) is 22.3 Å². The van der Waals surface area contributed by atoms with Crippen molar-refractivity contribution in [2.75, 3.05) is 45.3 Å². The zero-order valence-electron chi connectivity index (χ0n) is 18.2. The largest absolute Gasteiger partial charge is 0.492 e. The number of aromatic nitrogens is 3. The minimum absolute atomic E-state index is 0.0614. The van der Waals surface area contributed by atoms with Gasteiger partial charge >= 0.3 is 0 Å². The number of nitrogens with two attached hydrogens (primary N) is 1. The number of fused-ring (bicyclic) bond motifs is 1. The van der Waals surface area contributed by atoms with Gasteiger partial charge in [0.25, 0.3) is 5.91 Å². The molecular formula is C20H24N8O3S. The predicted molar refractivity (Wildman–Crippen MR) is 124 cm³/mol. The lowest BCUT2D eigenvalue weighted by Crippen LogP contribution is -2.37. The second-order valence-corrected chi connectivity index (χ2v) is 8.00. The number of rotatable bonds is 8. The van der Waals surface area contributed by atoms with Gasteiger partial charge in [0.05, 0.1) is 18.8 Å². The number of hydrogen-bond acceptors (Lipinski definition) is 10. The molecule has 3 rings (SSSR count). The summed E-state index contributed by atoms with van der Waals surface area (Å²) >= 11 is 1.11. The summed E-state index contributed by atoms with van der Waals surface area (Å²) < 4.78 is 5.66. The fourth-order valence-corrected chi connectivity index (χ4v) is 3.66. The van der Waals surface area contributed by atoms with Gasteiger partial charge in [0.15, 0.2) is 10.8 Å². The van der Waals surface area contributed by atoms with Gasteiger partial charge in [-0.25, -0.2) is 15.0 Å². The van der Waals surface area contributed by atoms with E-state index in [1.54, 1.807) is 33.3 Å². The maximum absolute atomic E-state index is 12.8. The lowest BCUT2D eigenvalue weighted by molar-refractivity contribution is -0.129. The fraction of sp³-hybridized carbons (Fsp3) is 0.300. The van der Waals surface area contributed by atoms with Gasteiger partial charge in [-0.2, -0.15) is 0 Å². The van der Waals surface area contributed by atoms with Crippen LogP contribution in [-0.2, 0) is 4.79 Å². The van der Waals surface area contributed by atoms with Crippen LogP contribution < -0.4 is 15.8 Å². The number of likely N-dealkylation sites (N-methyl/N-ethyl adjacent to an activating group) is 2. The molecule has 0 bridgehead atoms. The predicted octanol–water partition coefficient (Wildman–Crippen LogP) is 1.97. The van der Waals surface area contributed by atoms with Crippen LogP contribution in [0, 0.1) is 5.41 Å². The SMILES string of the molecule is CCOc1cc(N)c(C=N)cc1Nc1ncnc2sc(C(=O)N(C)CC(=O)N(C)C)nc12. The summed E-state index contributed by atoms with van der Waals surface area (Å²) in [6.45, 7) is 2.21. The molecule has 0 fully saturated rings. The zero-order chi connectivity index (χ0) is 23.4. The first-order chi connectivity index (χ1) is 15.2. The van der Waals surface area contributed by atoms with Crippen molar-refractivity contribution in [3.63, 3.8) is 0 Å². The number of carbonyl (C=O) groups excluding carboxylic acids is 2. The Kier molecular flexibility index (Phi) is 6.83. The molecule has 0 unspecified atom stereocenters. The van der Waals surface area contributed by atoms with Crippen LogP contribution in [0.25, 0.3) is 10.3 Å². The van der Waals surface area contributed by atoms with Gasteiger partial charge in [0.2, 0.25) is 5.91 Å². The molecule has 0 spiro atoms. The van der Waals surface area contributed by atoms with Gasteiger partial charge in [-0.1, -0.05) is 11.3 Å². The van der Waals surface area contributed by atoms with E-state index in [-0.39, 0.29) is 23.4 Å². The topological polar surface area (TPSA) is 150 Å². The third-order valence-corrected chi connectivity index (χ3v) is 5.44. The summed E-state index contributed by atoms with van der Waals surface area (Å²) in [4.78, 5) is 40.8. The van der Waals surface area contributed by atoms with Crippen LogP contribution in [0.5, 0.6) is 5.75 Å². The Morgan fingerprint density at radius 2 is 2.03 bits per heavy atom. The van der Waals surface area contributed by atoms with Crippen molar-refractivity contribution in [2.24, 2.45) is 0 Å². The number of nitrogens with zero attached hydrogens (tertiary/aromatic N) is 5. The maximum atomic E-state index is 12.8. The van der Waals surface area contributed by atoms with Crippen molar-refractivity contribution in [3.05, 3.63) is 29.0 Å². The molecular weight excluding hydrogens is 432 g/mol. The number of amides is 2. The van der Waals surface area contributed by atoms with Crippen molar-refractivity contribution in [2.45, 2.75) is 6.92 Å². The summed E-state index contributed by atoms with van der Waals surface area (Å²) in [5.74, 6) is 0.287. The minimum atomic E-state index is -0.386. The molecule has 0 aliphatic carbocycles. The number of nitrogen functional groups attached to an aromatic ring is 1. The summed E-state index contributed by atoms with van der Waals surface area (Å²) in [5.41, 5.74) is 7.86. The molecule has 168 valence electrons. The van der Waals surface area contributed by atoms with Gasteiger partial charge in [-0.05, 0) is 13.0 Å². The molecule has 2 amide bonds. The minimum Gasteiger partial charge on any atom is -0.492 e. The highest BCUT2D eigenvalue weighted by molar-refractivity contribution is 7.19. The van der Waals surface area contributed by atoms with Gasteiger partial charge in [0, 0.05) is 44.7 Å². The Morgan fingerprint density at radius 3 is 2.69 bits per heavy atom. The van der Waals surface area contributed by atoms with Crippen LogP contribution in [0.4, 0.5) is 17.2 Å². The first-order valence-corrected chi connectivity index (χ1v) is 10.5. The summed E-state index contributed by atoms with van der Waals surface area (Å²) in [7, 11) is 4.80. The lowest BCUT2D eigenvalue weighted by atomic mass is 10.1. The quantitative estimate of drug-likeness (QED) is 0.344. The number of carbonyl (C=O) groups is 2. The molecule has 2 heterocycles. The normalized spacial score (nSPS) is 10.6. The van der Waals surface area contributed by atoms with Crippen molar-refractivity contribution >= 4 is 56.9 Å². The van der Waals surface area contributed by atoms with E-state index in [0.29, 0.717) is 45.5 Å². The molecule has 3 aromatic rings. The Hall–Kier alpha value is -3.80. The maximum Gasteiger partial charge on any atom is 0.283 e. The van der Waals surface area contributed by atoms with Crippen LogP contribution >= 0.6 is 11.3 Å². The molecule has 1 aromatic carbocycles. The smallest absolute Gasteiger partial charge is 0.283 e. The van der Waals surface area contributed by atoms with E-state index in [1.165, 1.54) is 16.1 Å². The third-order valence-electron chi connectivity index (χ3n) is 4.49. The second-order valence-electron chi connectivity index (χ2n) is 7.02. The van der Waals surface area contributed by atoms with E-state index in [2.05, 4.69) is 20.3 Å². The Balaban J connectivity index is 1.95. The molecule has 11 nitrogen and oxygen atoms in total. The van der Waals surface area contributed by atoms with Crippen molar-refractivity contribution in [1.82, 2.24) is 24.8 Å². The average Bonchev–Trinajstić information content (AvgIpc) is 3.20.